The minimum Gasteiger partial charge on any atom is -0.452 e. The maximum Gasteiger partial charge on any atom is 0.338 e. The van der Waals surface area contributed by atoms with Crippen LogP contribution in [0.1, 0.15) is 43.6 Å². The van der Waals surface area contributed by atoms with Gasteiger partial charge in [0.1, 0.15) is 0 Å². The van der Waals surface area contributed by atoms with Gasteiger partial charge in [0.2, 0.25) is 5.91 Å². The molecule has 176 valence electrons. The number of ether oxygens (including phenoxy) is 1. The highest BCUT2D eigenvalue weighted by atomic mass is 16.5. The van der Waals surface area contributed by atoms with E-state index >= 15 is 0 Å². The van der Waals surface area contributed by atoms with Crippen LogP contribution in [0.4, 0.5) is 11.4 Å². The lowest BCUT2D eigenvalue weighted by molar-refractivity contribution is -0.119. The molecule has 9 heteroatoms. The smallest absolute Gasteiger partial charge is 0.338 e. The van der Waals surface area contributed by atoms with E-state index in [9.17, 15) is 24.0 Å². The fourth-order valence-corrected chi connectivity index (χ4v) is 3.58. The number of hydrogen-bond acceptors (Lipinski definition) is 6. The molecule has 0 saturated carbocycles. The first-order valence-corrected chi connectivity index (χ1v) is 10.7. The van der Waals surface area contributed by atoms with Gasteiger partial charge in [-0.25, -0.2) is 4.79 Å². The Balaban J connectivity index is 1.35. The highest BCUT2D eigenvalue weighted by Crippen LogP contribution is 2.26. The van der Waals surface area contributed by atoms with E-state index in [0.29, 0.717) is 11.4 Å². The molecule has 0 bridgehead atoms. The monoisotopic (exact) mass is 471 g/mol. The maximum absolute atomic E-state index is 12.8. The molecule has 1 aliphatic rings. The third kappa shape index (κ3) is 5.41. The first kappa shape index (κ1) is 23.4. The first-order chi connectivity index (χ1) is 16.8. The van der Waals surface area contributed by atoms with Gasteiger partial charge in [-0.1, -0.05) is 30.3 Å². The number of esters is 1. The summed E-state index contributed by atoms with van der Waals surface area (Å²) in [4.78, 5) is 62.3. The molecular formula is C26H21N3O6. The van der Waals surface area contributed by atoms with Crippen LogP contribution in [-0.4, -0.2) is 41.1 Å². The largest absolute Gasteiger partial charge is 0.452 e. The Kier molecular flexibility index (Phi) is 6.68. The van der Waals surface area contributed by atoms with Crippen molar-refractivity contribution in [3.63, 3.8) is 0 Å². The Hall–Kier alpha value is -4.79. The van der Waals surface area contributed by atoms with Crippen molar-refractivity contribution >= 4 is 41.0 Å². The molecule has 4 rings (SSSR count). The molecule has 4 amide bonds. The zero-order chi connectivity index (χ0) is 24.9. The van der Waals surface area contributed by atoms with E-state index in [1.54, 1.807) is 24.3 Å². The van der Waals surface area contributed by atoms with Crippen molar-refractivity contribution in [3.8, 4) is 0 Å². The van der Waals surface area contributed by atoms with Crippen LogP contribution < -0.4 is 10.6 Å². The van der Waals surface area contributed by atoms with Gasteiger partial charge in [0.15, 0.2) is 6.61 Å². The SMILES string of the molecule is CC(=O)Nc1ccc(NC(=O)COC(=O)c2ccc3c(c2)C(=O)N(Cc2ccccc2)C3=O)cc1. The number of fused-ring (bicyclic) bond motifs is 1. The van der Waals surface area contributed by atoms with Gasteiger partial charge in [0, 0.05) is 18.3 Å². The Labute approximate surface area is 200 Å². The van der Waals surface area contributed by atoms with Crippen molar-refractivity contribution in [2.45, 2.75) is 13.5 Å². The lowest BCUT2D eigenvalue weighted by Gasteiger charge is -2.13. The summed E-state index contributed by atoms with van der Waals surface area (Å²) >= 11 is 0. The molecule has 0 atom stereocenters. The maximum atomic E-state index is 12.8. The second-order valence-electron chi connectivity index (χ2n) is 7.83. The van der Waals surface area contributed by atoms with Gasteiger partial charge in [-0.15, -0.1) is 0 Å². The molecule has 0 aliphatic carbocycles. The standard InChI is InChI=1S/C26H21N3O6/c1-16(30)27-19-8-10-20(11-9-19)28-23(31)15-35-26(34)18-7-12-21-22(13-18)25(33)29(24(21)32)14-17-5-3-2-4-6-17/h2-13H,14-15H2,1H3,(H,27,30)(H,28,31). The molecule has 3 aromatic rings. The van der Waals surface area contributed by atoms with Gasteiger partial charge in [-0.05, 0) is 48.0 Å². The quantitative estimate of drug-likeness (QED) is 0.403. The second-order valence-corrected chi connectivity index (χ2v) is 7.83. The van der Waals surface area contributed by atoms with E-state index in [1.807, 2.05) is 30.3 Å². The van der Waals surface area contributed by atoms with Crippen LogP contribution >= 0.6 is 0 Å². The molecule has 0 spiro atoms. The number of carbonyl (C=O) groups is 5. The number of benzene rings is 3. The van der Waals surface area contributed by atoms with Crippen molar-refractivity contribution in [2.24, 2.45) is 0 Å². The Morgan fingerprint density at radius 1 is 0.800 bits per heavy atom. The normalized spacial score (nSPS) is 12.2. The number of anilines is 2. The highest BCUT2D eigenvalue weighted by molar-refractivity contribution is 6.21. The number of rotatable bonds is 7. The zero-order valence-corrected chi connectivity index (χ0v) is 18.7. The predicted molar refractivity (Wildman–Crippen MR) is 127 cm³/mol. The lowest BCUT2D eigenvalue weighted by Crippen LogP contribution is -2.29. The third-order valence-electron chi connectivity index (χ3n) is 5.21. The van der Waals surface area contributed by atoms with Crippen molar-refractivity contribution in [2.75, 3.05) is 17.2 Å². The Morgan fingerprint density at radius 2 is 1.43 bits per heavy atom. The summed E-state index contributed by atoms with van der Waals surface area (Å²) < 4.78 is 5.06. The minimum absolute atomic E-state index is 0.0546. The number of amides is 4. The third-order valence-corrected chi connectivity index (χ3v) is 5.21. The summed E-state index contributed by atoms with van der Waals surface area (Å²) in [6.07, 6.45) is 0. The van der Waals surface area contributed by atoms with Crippen LogP contribution in [-0.2, 0) is 20.9 Å². The van der Waals surface area contributed by atoms with Crippen LogP contribution in [0.25, 0.3) is 0 Å². The molecule has 1 heterocycles. The average Bonchev–Trinajstić information content (AvgIpc) is 3.08. The van der Waals surface area contributed by atoms with E-state index in [0.717, 1.165) is 10.5 Å². The summed E-state index contributed by atoms with van der Waals surface area (Å²) in [6.45, 7) is 0.967. The molecule has 0 fully saturated rings. The van der Waals surface area contributed by atoms with Crippen molar-refractivity contribution in [1.82, 2.24) is 4.90 Å². The van der Waals surface area contributed by atoms with E-state index in [4.69, 9.17) is 4.74 Å². The van der Waals surface area contributed by atoms with Crippen LogP contribution in [0.15, 0.2) is 72.8 Å². The second kappa shape index (κ2) is 10.0. The van der Waals surface area contributed by atoms with Gasteiger partial charge < -0.3 is 15.4 Å². The van der Waals surface area contributed by atoms with Crippen LogP contribution in [0, 0.1) is 0 Å². The highest BCUT2D eigenvalue weighted by Gasteiger charge is 2.36. The van der Waals surface area contributed by atoms with Gasteiger partial charge in [0.05, 0.1) is 23.2 Å². The predicted octanol–water partition coefficient (Wildman–Crippen LogP) is 3.24. The molecular weight excluding hydrogens is 450 g/mol. The molecule has 3 aromatic carbocycles. The van der Waals surface area contributed by atoms with E-state index in [-0.39, 0.29) is 29.1 Å². The molecule has 9 nitrogen and oxygen atoms in total. The summed E-state index contributed by atoms with van der Waals surface area (Å²) in [6, 6.07) is 19.6. The van der Waals surface area contributed by atoms with Gasteiger partial charge in [0.25, 0.3) is 17.7 Å². The summed E-state index contributed by atoms with van der Waals surface area (Å²) in [5.74, 6) is -2.50. The Bertz CT molecular complexity index is 1320. The fourth-order valence-electron chi connectivity index (χ4n) is 3.58. The van der Waals surface area contributed by atoms with E-state index < -0.39 is 30.3 Å². The lowest BCUT2D eigenvalue weighted by atomic mass is 10.1. The van der Waals surface area contributed by atoms with Crippen molar-refractivity contribution in [1.29, 1.82) is 0 Å². The van der Waals surface area contributed by atoms with Crippen LogP contribution in [0.2, 0.25) is 0 Å². The zero-order valence-electron chi connectivity index (χ0n) is 18.7. The van der Waals surface area contributed by atoms with Crippen molar-refractivity contribution < 1.29 is 28.7 Å². The van der Waals surface area contributed by atoms with E-state index in [2.05, 4.69) is 10.6 Å². The molecule has 0 unspecified atom stereocenters. The number of nitrogens with one attached hydrogen (secondary N) is 2. The van der Waals surface area contributed by atoms with Gasteiger partial charge in [-0.2, -0.15) is 0 Å². The summed E-state index contributed by atoms with van der Waals surface area (Å²) in [5, 5.41) is 5.19. The number of carbonyl (C=O) groups excluding carboxylic acids is 5. The van der Waals surface area contributed by atoms with Crippen LogP contribution in [0.3, 0.4) is 0 Å². The minimum atomic E-state index is -0.800. The molecule has 0 radical (unpaired) electrons. The number of imide groups is 1. The Morgan fingerprint density at radius 3 is 2.09 bits per heavy atom. The molecule has 0 aromatic heterocycles. The van der Waals surface area contributed by atoms with E-state index in [1.165, 1.54) is 25.1 Å². The average molecular weight is 471 g/mol. The number of nitrogens with zero attached hydrogens (tertiary/aromatic N) is 1. The molecule has 0 saturated heterocycles. The first-order valence-electron chi connectivity index (χ1n) is 10.7. The topological polar surface area (TPSA) is 122 Å². The van der Waals surface area contributed by atoms with Gasteiger partial charge in [-0.3, -0.25) is 24.1 Å². The number of hydrogen-bond donors (Lipinski definition) is 2. The summed E-state index contributed by atoms with van der Waals surface area (Å²) in [7, 11) is 0. The van der Waals surface area contributed by atoms with Crippen LogP contribution in [0.5, 0.6) is 0 Å². The fraction of sp³-hybridized carbons (Fsp3) is 0.115. The molecule has 1 aliphatic heterocycles. The molecule has 2 N–H and O–H groups in total. The van der Waals surface area contributed by atoms with Gasteiger partial charge >= 0.3 is 5.97 Å². The van der Waals surface area contributed by atoms with Crippen molar-refractivity contribution in [3.05, 3.63) is 95.1 Å². The molecule has 35 heavy (non-hydrogen) atoms. The summed E-state index contributed by atoms with van der Waals surface area (Å²) in [5.41, 5.74) is 2.22.